The predicted molar refractivity (Wildman–Crippen MR) is 126 cm³/mol. The van der Waals surface area contributed by atoms with Gasteiger partial charge in [-0.15, -0.1) is 0 Å². The molecule has 1 amide bonds. The summed E-state index contributed by atoms with van der Waals surface area (Å²) in [5, 5.41) is 3.72. The van der Waals surface area contributed by atoms with E-state index in [1.165, 1.54) is 18.7 Å². The quantitative estimate of drug-likeness (QED) is 0.306. The van der Waals surface area contributed by atoms with E-state index in [-0.39, 0.29) is 23.2 Å². The molecule has 0 fully saturated rings. The number of benzene rings is 2. The van der Waals surface area contributed by atoms with Crippen molar-refractivity contribution in [2.75, 3.05) is 5.32 Å². The Morgan fingerprint density at radius 3 is 2.58 bits per heavy atom. The summed E-state index contributed by atoms with van der Waals surface area (Å²) in [6, 6.07) is 11.8. The van der Waals surface area contributed by atoms with Crippen LogP contribution in [0.3, 0.4) is 0 Å². The predicted octanol–water partition coefficient (Wildman–Crippen LogP) is 5.03. The van der Waals surface area contributed by atoms with Crippen molar-refractivity contribution in [2.45, 2.75) is 44.6 Å². The van der Waals surface area contributed by atoms with Gasteiger partial charge in [-0.3, -0.25) is 19.0 Å². The molecule has 0 spiro atoms. The van der Waals surface area contributed by atoms with E-state index in [9.17, 15) is 14.4 Å². The molecule has 0 saturated heterocycles. The number of anilines is 1. The first kappa shape index (κ1) is 23.0. The van der Waals surface area contributed by atoms with E-state index in [1.807, 2.05) is 13.8 Å². The summed E-state index contributed by atoms with van der Waals surface area (Å²) >= 11 is 7.29. The van der Waals surface area contributed by atoms with Crippen molar-refractivity contribution < 1.29 is 9.59 Å². The third-order valence-electron chi connectivity index (χ3n) is 4.62. The van der Waals surface area contributed by atoms with Crippen LogP contribution in [0.5, 0.6) is 0 Å². The maximum atomic E-state index is 13.1. The molecule has 0 saturated carbocycles. The molecule has 8 heteroatoms. The molecule has 0 radical (unpaired) electrons. The Morgan fingerprint density at radius 1 is 1.16 bits per heavy atom. The third kappa shape index (κ3) is 5.54. The smallest absolute Gasteiger partial charge is 0.262 e. The Bertz CT molecular complexity index is 1210. The van der Waals surface area contributed by atoms with Crippen molar-refractivity contribution in [1.82, 2.24) is 9.55 Å². The van der Waals surface area contributed by atoms with Gasteiger partial charge in [-0.25, -0.2) is 4.98 Å². The highest BCUT2D eigenvalue weighted by molar-refractivity contribution is 8.00. The molecule has 1 aromatic heterocycles. The summed E-state index contributed by atoms with van der Waals surface area (Å²) in [7, 11) is 0. The normalized spacial score (nSPS) is 12.2. The van der Waals surface area contributed by atoms with Crippen LogP contribution in [0.25, 0.3) is 10.9 Å². The molecule has 1 unspecified atom stereocenters. The van der Waals surface area contributed by atoms with Crippen molar-refractivity contribution in [3.05, 3.63) is 63.4 Å². The minimum atomic E-state index is -0.518. The Balaban J connectivity index is 1.89. The van der Waals surface area contributed by atoms with Crippen LogP contribution in [0, 0.1) is 5.92 Å². The number of thioether (sulfide) groups is 1. The number of fused-ring (bicyclic) bond motifs is 1. The standard InChI is InChI=1S/C23H24ClN3O3S/c1-13(2)12-27-22(30)19-11-17(24)8-9-20(19)26-23(27)31-15(4)21(29)25-18-7-5-6-16(10-18)14(3)28/h5-11,13,15H,12H2,1-4H3,(H,25,29). The highest BCUT2D eigenvalue weighted by Gasteiger charge is 2.20. The molecule has 0 aliphatic rings. The van der Waals surface area contributed by atoms with Gasteiger partial charge < -0.3 is 5.32 Å². The maximum absolute atomic E-state index is 13.1. The van der Waals surface area contributed by atoms with E-state index in [1.54, 1.807) is 54.0 Å². The van der Waals surface area contributed by atoms with Crippen LogP contribution in [0.1, 0.15) is 38.1 Å². The molecule has 3 rings (SSSR count). The van der Waals surface area contributed by atoms with Gasteiger partial charge in [0.25, 0.3) is 5.56 Å². The molecule has 1 N–H and O–H groups in total. The number of aromatic nitrogens is 2. The number of carbonyl (C=O) groups is 2. The molecule has 162 valence electrons. The van der Waals surface area contributed by atoms with Crippen molar-refractivity contribution in [1.29, 1.82) is 0 Å². The molecule has 3 aromatic rings. The lowest BCUT2D eigenvalue weighted by atomic mass is 10.1. The fraction of sp³-hybridized carbons (Fsp3) is 0.304. The molecule has 31 heavy (non-hydrogen) atoms. The lowest BCUT2D eigenvalue weighted by Crippen LogP contribution is -2.28. The van der Waals surface area contributed by atoms with Gasteiger partial charge in [-0.05, 0) is 50.1 Å². The monoisotopic (exact) mass is 457 g/mol. The number of nitrogens with zero attached hydrogens (tertiary/aromatic N) is 2. The number of amides is 1. The molecule has 2 aromatic carbocycles. The Kier molecular flexibility index (Phi) is 7.18. The fourth-order valence-corrected chi connectivity index (χ4v) is 4.15. The average molecular weight is 458 g/mol. The van der Waals surface area contributed by atoms with Crippen LogP contribution in [0.15, 0.2) is 52.4 Å². The van der Waals surface area contributed by atoms with Crippen LogP contribution >= 0.6 is 23.4 Å². The number of hydrogen-bond acceptors (Lipinski definition) is 5. The van der Waals surface area contributed by atoms with Gasteiger partial charge >= 0.3 is 0 Å². The van der Waals surface area contributed by atoms with Crippen LogP contribution in [0.4, 0.5) is 5.69 Å². The second-order valence-corrected chi connectivity index (χ2v) is 9.50. The number of halogens is 1. The summed E-state index contributed by atoms with van der Waals surface area (Å²) < 4.78 is 1.61. The zero-order chi connectivity index (χ0) is 22.7. The minimum absolute atomic E-state index is 0.0725. The van der Waals surface area contributed by atoms with Gasteiger partial charge in [0, 0.05) is 22.8 Å². The van der Waals surface area contributed by atoms with Crippen LogP contribution in [-0.2, 0) is 11.3 Å². The van der Waals surface area contributed by atoms with Gasteiger partial charge in [0.2, 0.25) is 5.91 Å². The molecule has 6 nitrogen and oxygen atoms in total. The van der Waals surface area contributed by atoms with Crippen LogP contribution < -0.4 is 10.9 Å². The lowest BCUT2D eigenvalue weighted by Gasteiger charge is -2.18. The van der Waals surface area contributed by atoms with Crippen LogP contribution in [-0.4, -0.2) is 26.5 Å². The molecule has 0 bridgehead atoms. The number of nitrogens with one attached hydrogen (secondary N) is 1. The van der Waals surface area contributed by atoms with E-state index < -0.39 is 5.25 Å². The summed E-state index contributed by atoms with van der Waals surface area (Å²) in [5.74, 6) is -0.0992. The van der Waals surface area contributed by atoms with E-state index in [2.05, 4.69) is 10.3 Å². The lowest BCUT2D eigenvalue weighted by molar-refractivity contribution is -0.115. The van der Waals surface area contributed by atoms with E-state index in [0.717, 1.165) is 0 Å². The second kappa shape index (κ2) is 9.66. The van der Waals surface area contributed by atoms with Crippen LogP contribution in [0.2, 0.25) is 5.02 Å². The van der Waals surface area contributed by atoms with Gasteiger partial charge in [0.1, 0.15) is 0 Å². The molecule has 1 heterocycles. The number of ketones is 1. The SMILES string of the molecule is CC(=O)c1cccc(NC(=O)C(C)Sc2nc3ccc(Cl)cc3c(=O)n2CC(C)C)c1. The summed E-state index contributed by atoms with van der Waals surface area (Å²) in [6.45, 7) is 7.74. The zero-order valence-electron chi connectivity index (χ0n) is 17.8. The second-order valence-electron chi connectivity index (χ2n) is 7.75. The van der Waals surface area contributed by atoms with Gasteiger partial charge in [0.15, 0.2) is 10.9 Å². The third-order valence-corrected chi connectivity index (χ3v) is 5.94. The number of carbonyl (C=O) groups excluding carboxylic acids is 2. The Labute approximate surface area is 190 Å². The molecular weight excluding hydrogens is 434 g/mol. The van der Waals surface area contributed by atoms with Crippen molar-refractivity contribution in [2.24, 2.45) is 5.92 Å². The molecule has 0 aliphatic heterocycles. The first-order chi connectivity index (χ1) is 14.7. The summed E-state index contributed by atoms with van der Waals surface area (Å²) in [4.78, 5) is 42.1. The maximum Gasteiger partial charge on any atom is 0.262 e. The fourth-order valence-electron chi connectivity index (χ4n) is 3.06. The molecular formula is C23H24ClN3O3S. The summed E-state index contributed by atoms with van der Waals surface area (Å²) in [5.41, 5.74) is 1.44. The van der Waals surface area contributed by atoms with Crippen molar-refractivity contribution in [3.63, 3.8) is 0 Å². The minimum Gasteiger partial charge on any atom is -0.325 e. The first-order valence-electron chi connectivity index (χ1n) is 9.94. The Hall–Kier alpha value is -2.64. The topological polar surface area (TPSA) is 81.1 Å². The molecule has 1 atom stereocenters. The highest BCUT2D eigenvalue weighted by Crippen LogP contribution is 2.25. The average Bonchev–Trinajstić information content (AvgIpc) is 2.71. The number of hydrogen-bond donors (Lipinski definition) is 1. The zero-order valence-corrected chi connectivity index (χ0v) is 19.4. The first-order valence-corrected chi connectivity index (χ1v) is 11.2. The van der Waals surface area contributed by atoms with Gasteiger partial charge in [0.05, 0.1) is 16.2 Å². The largest absolute Gasteiger partial charge is 0.325 e. The van der Waals surface area contributed by atoms with Gasteiger partial charge in [-0.2, -0.15) is 0 Å². The van der Waals surface area contributed by atoms with Gasteiger partial charge in [-0.1, -0.05) is 49.3 Å². The highest BCUT2D eigenvalue weighted by atomic mass is 35.5. The summed E-state index contributed by atoms with van der Waals surface area (Å²) in [6.07, 6.45) is 0. The van der Waals surface area contributed by atoms with Crippen molar-refractivity contribution >= 4 is 51.6 Å². The van der Waals surface area contributed by atoms with E-state index in [4.69, 9.17) is 11.6 Å². The van der Waals surface area contributed by atoms with Crippen molar-refractivity contribution in [3.8, 4) is 0 Å². The van der Waals surface area contributed by atoms with E-state index >= 15 is 0 Å². The molecule has 0 aliphatic carbocycles. The Morgan fingerprint density at radius 2 is 1.90 bits per heavy atom. The van der Waals surface area contributed by atoms with E-state index in [0.29, 0.717) is 38.9 Å². The number of Topliss-reactive ketones (excluding diaryl/α,β-unsaturated/α-hetero) is 1. The number of rotatable bonds is 7.